The maximum absolute atomic E-state index is 12.3. The fraction of sp³-hybridized carbons (Fsp3) is 0.333. The lowest BCUT2D eigenvalue weighted by Crippen LogP contribution is -2.26. The van der Waals surface area contributed by atoms with E-state index < -0.39 is 6.03 Å². The van der Waals surface area contributed by atoms with Crippen LogP contribution in [0.4, 0.5) is 4.79 Å². The summed E-state index contributed by atoms with van der Waals surface area (Å²) in [6, 6.07) is -0.860. The summed E-state index contributed by atoms with van der Waals surface area (Å²) >= 11 is 0. The van der Waals surface area contributed by atoms with Gasteiger partial charge < -0.3 is 10.8 Å². The number of nitrogens with two attached hydrogens (primary N) is 2. The lowest BCUT2D eigenvalue weighted by atomic mass is 10.1. The average Bonchev–Trinajstić information content (AvgIpc) is 3.15. The molecule has 0 atom stereocenters. The summed E-state index contributed by atoms with van der Waals surface area (Å²) in [7, 11) is 0. The molecule has 0 radical (unpaired) electrons. The van der Waals surface area contributed by atoms with Crippen molar-refractivity contribution < 1.29 is 19.5 Å². The number of carbonyl (C=O) groups excluding carboxylic acids is 2. The lowest BCUT2D eigenvalue weighted by molar-refractivity contribution is -0.131. The Kier molecular flexibility index (Phi) is 6.85. The number of aryl methyl sites for hydroxylation is 1. The Balaban J connectivity index is 2.26. The van der Waals surface area contributed by atoms with Crippen LogP contribution in [0.2, 0.25) is 0 Å². The third-order valence-corrected chi connectivity index (χ3v) is 4.09. The van der Waals surface area contributed by atoms with Crippen LogP contribution in [0.5, 0.6) is 5.88 Å². The first-order valence-electron chi connectivity index (χ1n) is 8.72. The average molecular weight is 388 g/mol. The SMILES string of the molecule is CCC1=NN(CON)C(=O)C1=CC=C(C)C=Cc1c(CC)nn(C(N)=O)c1O. The van der Waals surface area contributed by atoms with Crippen LogP contribution in [-0.4, -0.2) is 44.3 Å². The van der Waals surface area contributed by atoms with Crippen molar-refractivity contribution in [3.05, 3.63) is 40.6 Å². The van der Waals surface area contributed by atoms with Crippen molar-refractivity contribution in [1.82, 2.24) is 14.8 Å². The molecule has 1 aliphatic rings. The quantitative estimate of drug-likeness (QED) is 0.365. The van der Waals surface area contributed by atoms with E-state index in [1.54, 1.807) is 24.3 Å². The Labute approximate surface area is 162 Å². The minimum atomic E-state index is -0.860. The number of nitrogens with zero attached hydrogens (tertiary/aromatic N) is 4. The van der Waals surface area contributed by atoms with Crippen LogP contribution in [-0.2, 0) is 16.1 Å². The molecule has 0 saturated heterocycles. The molecule has 1 aliphatic heterocycles. The molecule has 2 amide bonds. The van der Waals surface area contributed by atoms with Gasteiger partial charge in [-0.05, 0) is 31.9 Å². The van der Waals surface area contributed by atoms with Crippen molar-refractivity contribution in [2.24, 2.45) is 16.7 Å². The van der Waals surface area contributed by atoms with Crippen molar-refractivity contribution in [1.29, 1.82) is 0 Å². The molecule has 5 N–H and O–H groups in total. The number of primary amides is 1. The molecule has 28 heavy (non-hydrogen) atoms. The zero-order chi connectivity index (χ0) is 20.8. The number of allylic oxidation sites excluding steroid dienone is 4. The Morgan fingerprint density at radius 2 is 2.04 bits per heavy atom. The highest BCUT2D eigenvalue weighted by atomic mass is 16.6. The number of hydrogen-bond acceptors (Lipinski definition) is 7. The van der Waals surface area contributed by atoms with Crippen LogP contribution in [0.3, 0.4) is 0 Å². The van der Waals surface area contributed by atoms with Crippen LogP contribution < -0.4 is 11.6 Å². The monoisotopic (exact) mass is 388 g/mol. The van der Waals surface area contributed by atoms with Crippen molar-refractivity contribution in [2.75, 3.05) is 6.73 Å². The van der Waals surface area contributed by atoms with Gasteiger partial charge in [-0.3, -0.25) is 9.63 Å². The minimum absolute atomic E-state index is 0.120. The van der Waals surface area contributed by atoms with E-state index in [0.29, 0.717) is 35.4 Å². The number of aromatic hydroxyl groups is 1. The van der Waals surface area contributed by atoms with Gasteiger partial charge in [-0.1, -0.05) is 31.6 Å². The third-order valence-electron chi connectivity index (χ3n) is 4.09. The summed E-state index contributed by atoms with van der Waals surface area (Å²) < 4.78 is 0.759. The second-order valence-electron chi connectivity index (χ2n) is 6.01. The summed E-state index contributed by atoms with van der Waals surface area (Å²) in [6.45, 7) is 5.46. The van der Waals surface area contributed by atoms with Gasteiger partial charge in [0.25, 0.3) is 5.91 Å². The molecule has 2 heterocycles. The molecule has 1 aromatic heterocycles. The summed E-state index contributed by atoms with van der Waals surface area (Å²) in [5, 5.41) is 19.5. The van der Waals surface area contributed by atoms with E-state index in [0.717, 1.165) is 15.3 Å². The molecule has 1 aromatic rings. The topological polar surface area (TPSA) is 149 Å². The second-order valence-corrected chi connectivity index (χ2v) is 6.01. The van der Waals surface area contributed by atoms with Crippen molar-refractivity contribution in [3.8, 4) is 5.88 Å². The number of amides is 2. The molecule has 0 aliphatic carbocycles. The Hall–Kier alpha value is -3.24. The van der Waals surface area contributed by atoms with Crippen molar-refractivity contribution in [3.63, 3.8) is 0 Å². The molecule has 10 heteroatoms. The van der Waals surface area contributed by atoms with E-state index in [4.69, 9.17) is 11.6 Å². The molecule has 10 nitrogen and oxygen atoms in total. The third kappa shape index (κ3) is 4.35. The molecule has 0 aromatic carbocycles. The first-order valence-corrected chi connectivity index (χ1v) is 8.72. The molecular formula is C18H24N6O4. The summed E-state index contributed by atoms with van der Waals surface area (Å²) in [6.07, 6.45) is 7.91. The van der Waals surface area contributed by atoms with Crippen LogP contribution in [0.1, 0.15) is 38.4 Å². The Bertz CT molecular complexity index is 894. The van der Waals surface area contributed by atoms with Gasteiger partial charge in [0.15, 0.2) is 6.73 Å². The van der Waals surface area contributed by atoms with E-state index in [9.17, 15) is 14.7 Å². The van der Waals surface area contributed by atoms with Gasteiger partial charge in [0.05, 0.1) is 22.5 Å². The van der Waals surface area contributed by atoms with E-state index in [-0.39, 0.29) is 18.5 Å². The summed E-state index contributed by atoms with van der Waals surface area (Å²) in [5.74, 6) is 4.42. The normalized spacial score (nSPS) is 16.5. The zero-order valence-corrected chi connectivity index (χ0v) is 16.0. The number of rotatable bonds is 7. The Morgan fingerprint density at radius 3 is 2.61 bits per heavy atom. The molecule has 0 fully saturated rings. The lowest BCUT2D eigenvalue weighted by Gasteiger charge is -2.08. The molecule has 0 saturated carbocycles. The van der Waals surface area contributed by atoms with E-state index in [1.807, 2.05) is 20.8 Å². The van der Waals surface area contributed by atoms with Crippen LogP contribution in [0.15, 0.2) is 34.5 Å². The predicted molar refractivity (Wildman–Crippen MR) is 104 cm³/mol. The van der Waals surface area contributed by atoms with Gasteiger partial charge in [0.2, 0.25) is 5.88 Å². The fourth-order valence-electron chi connectivity index (χ4n) is 2.63. The van der Waals surface area contributed by atoms with E-state index >= 15 is 0 Å². The van der Waals surface area contributed by atoms with Crippen LogP contribution in [0, 0.1) is 0 Å². The largest absolute Gasteiger partial charge is 0.493 e. The summed E-state index contributed by atoms with van der Waals surface area (Å²) in [4.78, 5) is 28.1. The minimum Gasteiger partial charge on any atom is -0.493 e. The maximum Gasteiger partial charge on any atom is 0.342 e. The van der Waals surface area contributed by atoms with Gasteiger partial charge in [-0.25, -0.2) is 15.7 Å². The second kappa shape index (κ2) is 9.11. The Morgan fingerprint density at radius 1 is 1.32 bits per heavy atom. The first-order chi connectivity index (χ1) is 13.3. The molecule has 0 unspecified atom stereocenters. The van der Waals surface area contributed by atoms with Crippen molar-refractivity contribution in [2.45, 2.75) is 33.6 Å². The number of aromatic nitrogens is 2. The number of hydrazone groups is 1. The number of carbonyl (C=O) groups is 2. The van der Waals surface area contributed by atoms with Gasteiger partial charge in [0.1, 0.15) is 0 Å². The molecule has 150 valence electrons. The van der Waals surface area contributed by atoms with Gasteiger partial charge in [-0.15, -0.1) is 4.68 Å². The standard InChI is InChI=1S/C18H24N6O4/c1-4-14-12(16(25)23(21-14)10-28-20)8-6-11(3)7-9-13-15(5-2)22-24(17(13)26)18(19)27/h6-9,26H,4-5,10,20H2,1-3H3,(H2,19,27). The smallest absolute Gasteiger partial charge is 0.342 e. The molecule has 0 bridgehead atoms. The number of hydrogen-bond donors (Lipinski definition) is 3. The van der Waals surface area contributed by atoms with Crippen LogP contribution in [0.25, 0.3) is 6.08 Å². The summed E-state index contributed by atoms with van der Waals surface area (Å²) in [5.41, 5.74) is 8.06. The molecular weight excluding hydrogens is 364 g/mol. The zero-order valence-electron chi connectivity index (χ0n) is 16.0. The van der Waals surface area contributed by atoms with Crippen LogP contribution >= 0.6 is 0 Å². The maximum atomic E-state index is 12.3. The van der Waals surface area contributed by atoms with Gasteiger partial charge >= 0.3 is 6.03 Å². The van der Waals surface area contributed by atoms with Gasteiger partial charge in [0, 0.05) is 0 Å². The first kappa shape index (κ1) is 21.1. The van der Waals surface area contributed by atoms with E-state index in [2.05, 4.69) is 15.0 Å². The van der Waals surface area contributed by atoms with Crippen molar-refractivity contribution >= 4 is 23.7 Å². The highest BCUT2D eigenvalue weighted by Gasteiger charge is 2.28. The van der Waals surface area contributed by atoms with E-state index in [1.165, 1.54) is 0 Å². The van der Waals surface area contributed by atoms with Gasteiger partial charge in [-0.2, -0.15) is 10.2 Å². The highest BCUT2D eigenvalue weighted by Crippen LogP contribution is 2.24. The predicted octanol–water partition coefficient (Wildman–Crippen LogP) is 1.42. The molecule has 2 rings (SSSR count). The fourth-order valence-corrected chi connectivity index (χ4v) is 2.63. The highest BCUT2D eigenvalue weighted by molar-refractivity contribution is 6.24. The molecule has 0 spiro atoms.